The van der Waals surface area contributed by atoms with E-state index >= 15 is 0 Å². The first-order valence-corrected chi connectivity index (χ1v) is 8.99. The molecule has 0 unspecified atom stereocenters. The van der Waals surface area contributed by atoms with Crippen molar-refractivity contribution in [1.82, 2.24) is 10.2 Å². The molecule has 0 fully saturated rings. The molecule has 0 radical (unpaired) electrons. The summed E-state index contributed by atoms with van der Waals surface area (Å²) in [4.78, 5) is 14.4. The van der Waals surface area contributed by atoms with Gasteiger partial charge in [0, 0.05) is 11.9 Å². The van der Waals surface area contributed by atoms with Crippen LogP contribution in [0.1, 0.15) is 6.92 Å². The van der Waals surface area contributed by atoms with Crippen LogP contribution in [-0.4, -0.2) is 28.4 Å². The largest absolute Gasteiger partial charge is 0.374 e. The van der Waals surface area contributed by atoms with Crippen molar-refractivity contribution in [3.63, 3.8) is 0 Å². The molecule has 1 aromatic heterocycles. The molecule has 23 heavy (non-hydrogen) atoms. The van der Waals surface area contributed by atoms with E-state index in [2.05, 4.69) is 22.3 Å². The quantitative estimate of drug-likeness (QED) is 0.718. The molecule has 3 rings (SSSR count). The molecule has 0 saturated carbocycles. The highest BCUT2D eigenvalue weighted by atomic mass is 32.2. The summed E-state index contributed by atoms with van der Waals surface area (Å²) in [5.74, 6) is 0.355. The Morgan fingerprint density at radius 1 is 1.22 bits per heavy atom. The molecule has 118 valence electrons. The summed E-state index contributed by atoms with van der Waals surface area (Å²) >= 11 is 2.66. The molecule has 3 aromatic rings. The van der Waals surface area contributed by atoms with E-state index in [1.165, 1.54) is 23.1 Å². The molecule has 5 nitrogen and oxygen atoms in total. The molecule has 0 atom stereocenters. The van der Waals surface area contributed by atoms with Gasteiger partial charge in [-0.15, -0.1) is 10.2 Å². The van der Waals surface area contributed by atoms with Gasteiger partial charge in [-0.25, -0.2) is 0 Å². The van der Waals surface area contributed by atoms with Crippen LogP contribution in [0.3, 0.4) is 0 Å². The highest BCUT2D eigenvalue weighted by Gasteiger charge is 2.17. The van der Waals surface area contributed by atoms with Gasteiger partial charge in [0.1, 0.15) is 0 Å². The fraction of sp³-hybridized carbons (Fsp3) is 0.188. The van der Waals surface area contributed by atoms with E-state index in [-0.39, 0.29) is 5.91 Å². The van der Waals surface area contributed by atoms with E-state index < -0.39 is 0 Å². The molecule has 0 aliphatic heterocycles. The van der Waals surface area contributed by atoms with Crippen LogP contribution >= 0.6 is 23.1 Å². The van der Waals surface area contributed by atoms with Gasteiger partial charge in [-0.3, -0.25) is 4.79 Å². The van der Waals surface area contributed by atoms with Crippen molar-refractivity contribution in [2.75, 3.05) is 22.9 Å². The Labute approximate surface area is 142 Å². The third-order valence-electron chi connectivity index (χ3n) is 3.42. The standard InChI is InChI=1S/C16H16N4OS2/c1-2-20(14(21)10-22-16-19-18-15(17)23-16)13-9-5-7-11-6-3-4-8-12(11)13/h3-9H,2,10H2,1H3,(H2,17,18). The van der Waals surface area contributed by atoms with Crippen LogP contribution in [0.15, 0.2) is 46.8 Å². The van der Waals surface area contributed by atoms with E-state index in [9.17, 15) is 4.79 Å². The minimum Gasteiger partial charge on any atom is -0.374 e. The van der Waals surface area contributed by atoms with Gasteiger partial charge in [0.2, 0.25) is 11.0 Å². The van der Waals surface area contributed by atoms with Crippen molar-refractivity contribution >= 4 is 50.6 Å². The monoisotopic (exact) mass is 344 g/mol. The molecule has 0 spiro atoms. The average Bonchev–Trinajstić information content (AvgIpc) is 2.99. The van der Waals surface area contributed by atoms with Crippen LogP contribution in [0.2, 0.25) is 0 Å². The summed E-state index contributed by atoms with van der Waals surface area (Å²) in [6.45, 7) is 2.60. The second-order valence-corrected chi connectivity index (χ2v) is 7.06. The number of benzene rings is 2. The number of amides is 1. The summed E-state index contributed by atoms with van der Waals surface area (Å²) < 4.78 is 0.713. The van der Waals surface area contributed by atoms with Gasteiger partial charge in [-0.2, -0.15) is 0 Å². The summed E-state index contributed by atoms with van der Waals surface area (Å²) in [5, 5.41) is 10.3. The molecular formula is C16H16N4OS2. The van der Waals surface area contributed by atoms with E-state index in [0.717, 1.165) is 16.5 Å². The van der Waals surface area contributed by atoms with E-state index in [1.54, 1.807) is 4.90 Å². The molecule has 1 heterocycles. The Morgan fingerprint density at radius 3 is 2.74 bits per heavy atom. The van der Waals surface area contributed by atoms with Crippen molar-refractivity contribution in [2.45, 2.75) is 11.3 Å². The molecule has 2 aromatic carbocycles. The lowest BCUT2D eigenvalue weighted by Crippen LogP contribution is -2.32. The number of carbonyl (C=O) groups is 1. The maximum Gasteiger partial charge on any atom is 0.237 e. The fourth-order valence-electron chi connectivity index (χ4n) is 2.40. The first-order valence-electron chi connectivity index (χ1n) is 7.19. The number of thioether (sulfide) groups is 1. The Hall–Kier alpha value is -2.12. The lowest BCUT2D eigenvalue weighted by atomic mass is 10.1. The Bertz CT molecular complexity index is 828. The van der Waals surface area contributed by atoms with Crippen molar-refractivity contribution < 1.29 is 4.79 Å². The predicted molar refractivity (Wildman–Crippen MR) is 97.0 cm³/mol. The highest BCUT2D eigenvalue weighted by Crippen LogP contribution is 2.28. The number of hydrogen-bond acceptors (Lipinski definition) is 6. The second-order valence-electron chi connectivity index (χ2n) is 4.83. The van der Waals surface area contributed by atoms with Gasteiger partial charge in [0.15, 0.2) is 4.34 Å². The molecule has 2 N–H and O–H groups in total. The molecular weight excluding hydrogens is 328 g/mol. The number of nitrogens with two attached hydrogens (primary N) is 1. The van der Waals surface area contributed by atoms with Gasteiger partial charge >= 0.3 is 0 Å². The number of aromatic nitrogens is 2. The molecule has 0 aliphatic rings. The first-order chi connectivity index (χ1) is 11.2. The second kappa shape index (κ2) is 6.97. The highest BCUT2D eigenvalue weighted by molar-refractivity contribution is 8.01. The minimum absolute atomic E-state index is 0.0441. The molecule has 0 saturated heterocycles. The Kier molecular flexibility index (Phi) is 4.78. The van der Waals surface area contributed by atoms with Gasteiger partial charge in [0.05, 0.1) is 11.4 Å². The zero-order chi connectivity index (χ0) is 16.2. The van der Waals surface area contributed by atoms with Crippen LogP contribution < -0.4 is 10.6 Å². The maximum atomic E-state index is 12.6. The molecule has 0 bridgehead atoms. The molecule has 0 aliphatic carbocycles. The number of nitrogens with zero attached hydrogens (tertiary/aromatic N) is 3. The van der Waals surface area contributed by atoms with E-state index in [0.29, 0.717) is 21.8 Å². The lowest BCUT2D eigenvalue weighted by Gasteiger charge is -2.22. The third-order valence-corrected chi connectivity index (χ3v) is 5.29. The SMILES string of the molecule is CCN(C(=O)CSc1nnc(N)s1)c1cccc2ccccc12. The van der Waals surface area contributed by atoms with Crippen molar-refractivity contribution in [2.24, 2.45) is 0 Å². The van der Waals surface area contributed by atoms with Crippen LogP contribution in [0.25, 0.3) is 10.8 Å². The Balaban J connectivity index is 1.82. The number of rotatable bonds is 5. The topological polar surface area (TPSA) is 72.1 Å². The summed E-state index contributed by atoms with van der Waals surface area (Å²) in [6.07, 6.45) is 0. The first kappa shape index (κ1) is 15.8. The van der Waals surface area contributed by atoms with Gasteiger partial charge in [0.25, 0.3) is 0 Å². The number of carbonyl (C=O) groups excluding carboxylic acids is 1. The number of anilines is 2. The van der Waals surface area contributed by atoms with Crippen molar-refractivity contribution in [1.29, 1.82) is 0 Å². The normalized spacial score (nSPS) is 10.8. The van der Waals surface area contributed by atoms with Gasteiger partial charge in [-0.1, -0.05) is 59.5 Å². The summed E-state index contributed by atoms with van der Waals surface area (Å²) in [6, 6.07) is 14.1. The summed E-state index contributed by atoms with van der Waals surface area (Å²) in [5.41, 5.74) is 6.50. The average molecular weight is 344 g/mol. The zero-order valence-corrected chi connectivity index (χ0v) is 14.2. The number of nitrogen functional groups attached to an aromatic ring is 1. The van der Waals surface area contributed by atoms with Crippen LogP contribution in [-0.2, 0) is 4.79 Å². The van der Waals surface area contributed by atoms with Crippen molar-refractivity contribution in [3.05, 3.63) is 42.5 Å². The minimum atomic E-state index is 0.0441. The van der Waals surface area contributed by atoms with Crippen LogP contribution in [0.5, 0.6) is 0 Å². The number of hydrogen-bond donors (Lipinski definition) is 1. The molecule has 1 amide bonds. The van der Waals surface area contributed by atoms with Gasteiger partial charge < -0.3 is 10.6 Å². The van der Waals surface area contributed by atoms with E-state index in [4.69, 9.17) is 5.73 Å². The van der Waals surface area contributed by atoms with Crippen molar-refractivity contribution in [3.8, 4) is 0 Å². The van der Waals surface area contributed by atoms with Crippen LogP contribution in [0.4, 0.5) is 10.8 Å². The Morgan fingerprint density at radius 2 is 2.00 bits per heavy atom. The maximum absolute atomic E-state index is 12.6. The smallest absolute Gasteiger partial charge is 0.237 e. The predicted octanol–water partition coefficient (Wildman–Crippen LogP) is 3.42. The third kappa shape index (κ3) is 3.46. The zero-order valence-electron chi connectivity index (χ0n) is 12.6. The summed E-state index contributed by atoms with van der Waals surface area (Å²) in [7, 11) is 0. The lowest BCUT2D eigenvalue weighted by molar-refractivity contribution is -0.116. The fourth-order valence-corrected chi connectivity index (χ4v) is 3.92. The molecule has 7 heteroatoms. The number of fused-ring (bicyclic) bond motifs is 1. The van der Waals surface area contributed by atoms with E-state index in [1.807, 2.05) is 37.3 Å². The van der Waals surface area contributed by atoms with Gasteiger partial charge in [-0.05, 0) is 18.4 Å². The van der Waals surface area contributed by atoms with Crippen LogP contribution in [0, 0.1) is 0 Å².